The molecule has 0 saturated heterocycles. The smallest absolute Gasteiger partial charge is 0.223 e. The molecule has 0 radical (unpaired) electrons. The second kappa shape index (κ2) is 9.04. The van der Waals surface area contributed by atoms with Gasteiger partial charge in [0.15, 0.2) is 0 Å². The highest BCUT2D eigenvalue weighted by Gasteiger charge is 2.32. The van der Waals surface area contributed by atoms with Crippen LogP contribution in [0.5, 0.6) is 0 Å². The van der Waals surface area contributed by atoms with Crippen molar-refractivity contribution < 1.29 is 4.39 Å². The summed E-state index contributed by atoms with van der Waals surface area (Å²) in [6, 6.07) is 32.7. The second-order valence-electron chi connectivity index (χ2n) is 8.43. The van der Waals surface area contributed by atoms with E-state index < -0.39 is 0 Å². The molecule has 170 valence electrons. The molecule has 0 aliphatic carbocycles. The molecule has 4 aromatic carbocycles. The molecule has 1 aromatic heterocycles. The average Bonchev–Trinajstić information content (AvgIpc) is 3.35. The van der Waals surface area contributed by atoms with E-state index >= 15 is 0 Å². The van der Waals surface area contributed by atoms with Crippen LogP contribution in [0.2, 0.25) is 0 Å². The third kappa shape index (κ3) is 4.21. The lowest BCUT2D eigenvalue weighted by atomic mass is 9.98. The Morgan fingerprint density at radius 2 is 1.46 bits per heavy atom. The standard InChI is InChI=1S/C29H20BrFN4/c30-22-14-10-19(11-15-22)26-18-27(20-12-16-23(31)17-13-20)35(34-26)29-32-25-9-5-4-8-24(25)28(33-29)21-6-2-1-3-7-21/h1-17,27H,18H2. The van der Waals surface area contributed by atoms with Crippen LogP contribution in [0.25, 0.3) is 22.2 Å². The molecular formula is C29H20BrFN4. The van der Waals surface area contributed by atoms with Crippen LogP contribution in [0, 0.1) is 5.82 Å². The van der Waals surface area contributed by atoms with Crippen molar-refractivity contribution >= 4 is 38.5 Å². The van der Waals surface area contributed by atoms with Gasteiger partial charge in [-0.15, -0.1) is 0 Å². The number of anilines is 1. The fourth-order valence-electron chi connectivity index (χ4n) is 4.44. The zero-order valence-corrected chi connectivity index (χ0v) is 20.2. The Morgan fingerprint density at radius 3 is 2.23 bits per heavy atom. The lowest BCUT2D eigenvalue weighted by Crippen LogP contribution is -2.21. The first kappa shape index (κ1) is 21.6. The number of nitrogens with zero attached hydrogens (tertiary/aromatic N) is 4. The van der Waals surface area contributed by atoms with E-state index in [1.54, 1.807) is 0 Å². The first-order valence-electron chi connectivity index (χ1n) is 11.4. The van der Waals surface area contributed by atoms with Crippen LogP contribution in [-0.4, -0.2) is 15.7 Å². The molecular weight excluding hydrogens is 503 g/mol. The third-order valence-electron chi connectivity index (χ3n) is 6.19. The maximum atomic E-state index is 13.7. The van der Waals surface area contributed by atoms with Gasteiger partial charge in [-0.2, -0.15) is 5.10 Å². The molecule has 0 saturated carbocycles. The largest absolute Gasteiger partial charge is 0.247 e. The number of para-hydroxylation sites is 1. The molecule has 1 unspecified atom stereocenters. The van der Waals surface area contributed by atoms with E-state index in [1.165, 1.54) is 12.1 Å². The van der Waals surface area contributed by atoms with Gasteiger partial charge < -0.3 is 0 Å². The zero-order chi connectivity index (χ0) is 23.8. The highest BCUT2D eigenvalue weighted by Crippen LogP contribution is 2.37. The van der Waals surface area contributed by atoms with Crippen molar-refractivity contribution in [2.45, 2.75) is 12.5 Å². The van der Waals surface area contributed by atoms with Crippen molar-refractivity contribution in [3.05, 3.63) is 125 Å². The van der Waals surface area contributed by atoms with E-state index in [4.69, 9.17) is 15.1 Å². The number of hydrazone groups is 1. The van der Waals surface area contributed by atoms with Crippen LogP contribution in [0.1, 0.15) is 23.6 Å². The molecule has 1 atom stereocenters. The quantitative estimate of drug-likeness (QED) is 0.244. The molecule has 5 aromatic rings. The molecule has 0 spiro atoms. The molecule has 1 aliphatic rings. The summed E-state index contributed by atoms with van der Waals surface area (Å²) in [5.41, 5.74) is 5.65. The fourth-order valence-corrected chi connectivity index (χ4v) is 4.70. The third-order valence-corrected chi connectivity index (χ3v) is 6.71. The van der Waals surface area contributed by atoms with Gasteiger partial charge >= 0.3 is 0 Å². The SMILES string of the molecule is Fc1ccc(C2CC(c3ccc(Br)cc3)=NN2c2nc(-c3ccccc3)c3ccccc3n2)cc1. The molecule has 0 bridgehead atoms. The monoisotopic (exact) mass is 522 g/mol. The van der Waals surface area contributed by atoms with Crippen LogP contribution in [0.4, 0.5) is 10.3 Å². The zero-order valence-electron chi connectivity index (χ0n) is 18.6. The molecule has 2 heterocycles. The number of fused-ring (bicyclic) bond motifs is 1. The highest BCUT2D eigenvalue weighted by atomic mass is 79.9. The second-order valence-corrected chi connectivity index (χ2v) is 9.34. The van der Waals surface area contributed by atoms with Crippen LogP contribution in [0.15, 0.2) is 113 Å². The highest BCUT2D eigenvalue weighted by molar-refractivity contribution is 9.10. The molecule has 6 rings (SSSR count). The summed E-state index contributed by atoms with van der Waals surface area (Å²) in [4.78, 5) is 9.92. The van der Waals surface area contributed by atoms with Gasteiger partial charge in [0.2, 0.25) is 5.95 Å². The van der Waals surface area contributed by atoms with Crippen molar-refractivity contribution in [1.82, 2.24) is 9.97 Å². The summed E-state index contributed by atoms with van der Waals surface area (Å²) in [5, 5.41) is 7.86. The van der Waals surface area contributed by atoms with Crippen LogP contribution in [-0.2, 0) is 0 Å². The van der Waals surface area contributed by atoms with Crippen molar-refractivity contribution in [3.63, 3.8) is 0 Å². The van der Waals surface area contributed by atoms with E-state index in [9.17, 15) is 4.39 Å². The van der Waals surface area contributed by atoms with Gasteiger partial charge in [-0.25, -0.2) is 19.4 Å². The van der Waals surface area contributed by atoms with Crippen molar-refractivity contribution in [3.8, 4) is 11.3 Å². The fraction of sp³-hybridized carbons (Fsp3) is 0.0690. The molecule has 1 aliphatic heterocycles. The van der Waals surface area contributed by atoms with Gasteiger partial charge in [0.1, 0.15) is 5.82 Å². The number of hydrogen-bond acceptors (Lipinski definition) is 4. The van der Waals surface area contributed by atoms with E-state index in [0.717, 1.165) is 43.5 Å². The van der Waals surface area contributed by atoms with Crippen LogP contribution in [0.3, 0.4) is 0 Å². The molecule has 35 heavy (non-hydrogen) atoms. The van der Waals surface area contributed by atoms with Gasteiger partial charge in [-0.05, 0) is 41.5 Å². The minimum absolute atomic E-state index is 0.154. The average molecular weight is 523 g/mol. The summed E-state index contributed by atoms with van der Waals surface area (Å²) in [7, 11) is 0. The van der Waals surface area contributed by atoms with Crippen molar-refractivity contribution in [2.75, 3.05) is 5.01 Å². The normalized spacial score (nSPS) is 15.4. The van der Waals surface area contributed by atoms with Crippen molar-refractivity contribution in [2.24, 2.45) is 5.10 Å². The lowest BCUT2D eigenvalue weighted by molar-refractivity contribution is 0.623. The summed E-state index contributed by atoms with van der Waals surface area (Å²) >= 11 is 3.51. The predicted molar refractivity (Wildman–Crippen MR) is 142 cm³/mol. The van der Waals surface area contributed by atoms with Gasteiger partial charge in [0, 0.05) is 21.8 Å². The number of benzene rings is 4. The van der Waals surface area contributed by atoms with E-state index in [1.807, 2.05) is 83.9 Å². The Balaban J connectivity index is 1.52. The van der Waals surface area contributed by atoms with Crippen LogP contribution < -0.4 is 5.01 Å². The predicted octanol–water partition coefficient (Wildman–Crippen LogP) is 7.55. The molecule has 0 amide bonds. The maximum absolute atomic E-state index is 13.7. The first-order valence-corrected chi connectivity index (χ1v) is 12.2. The molecule has 0 N–H and O–H groups in total. The van der Waals surface area contributed by atoms with Gasteiger partial charge in [0.25, 0.3) is 0 Å². The van der Waals surface area contributed by atoms with E-state index in [-0.39, 0.29) is 11.9 Å². The Kier molecular flexibility index (Phi) is 5.58. The van der Waals surface area contributed by atoms with Crippen LogP contribution >= 0.6 is 15.9 Å². The number of halogens is 2. The van der Waals surface area contributed by atoms with Gasteiger partial charge in [-0.1, -0.05) is 88.7 Å². The topological polar surface area (TPSA) is 41.4 Å². The Hall–Kier alpha value is -3.90. The number of rotatable bonds is 4. The summed E-state index contributed by atoms with van der Waals surface area (Å²) < 4.78 is 14.7. The van der Waals surface area contributed by atoms with Gasteiger partial charge in [-0.3, -0.25) is 0 Å². The van der Waals surface area contributed by atoms with E-state index in [0.29, 0.717) is 12.4 Å². The minimum Gasteiger partial charge on any atom is -0.223 e. The number of aromatic nitrogens is 2. The minimum atomic E-state index is -0.263. The molecule has 0 fully saturated rings. The summed E-state index contributed by atoms with van der Waals surface area (Å²) in [5.74, 6) is 0.254. The summed E-state index contributed by atoms with van der Waals surface area (Å²) in [6.45, 7) is 0. The number of hydrogen-bond donors (Lipinski definition) is 0. The lowest BCUT2D eigenvalue weighted by Gasteiger charge is -2.23. The Labute approximate surface area is 210 Å². The van der Waals surface area contributed by atoms with E-state index in [2.05, 4.69) is 28.1 Å². The Bertz CT molecular complexity index is 1530. The molecule has 4 nitrogen and oxygen atoms in total. The molecule has 6 heteroatoms. The maximum Gasteiger partial charge on any atom is 0.247 e. The van der Waals surface area contributed by atoms with Crippen molar-refractivity contribution in [1.29, 1.82) is 0 Å². The Morgan fingerprint density at radius 1 is 0.743 bits per heavy atom. The first-order chi connectivity index (χ1) is 17.2. The van der Waals surface area contributed by atoms with Gasteiger partial charge in [0.05, 0.1) is 23.0 Å². The summed E-state index contributed by atoms with van der Waals surface area (Å²) in [6.07, 6.45) is 0.657.